The predicted octanol–water partition coefficient (Wildman–Crippen LogP) is 2.57. The highest BCUT2D eigenvalue weighted by Gasteiger charge is 2.32. The molecule has 3 aromatic rings. The Morgan fingerprint density at radius 1 is 1.32 bits per heavy atom. The lowest BCUT2D eigenvalue weighted by atomic mass is 10.2. The molecule has 0 bridgehead atoms. The van der Waals surface area contributed by atoms with Crippen LogP contribution in [0.2, 0.25) is 0 Å². The van der Waals surface area contributed by atoms with Crippen LogP contribution in [0.25, 0.3) is 10.6 Å². The molecule has 1 aliphatic heterocycles. The molecular weight excluding hydrogens is 398 g/mol. The van der Waals surface area contributed by atoms with Crippen LogP contribution >= 0.6 is 11.3 Å². The molecule has 4 rings (SSSR count). The Morgan fingerprint density at radius 3 is 2.75 bits per heavy atom. The second-order valence-electron chi connectivity index (χ2n) is 7.02. The van der Waals surface area contributed by atoms with E-state index < -0.39 is 9.84 Å². The van der Waals surface area contributed by atoms with Crippen LogP contribution in [-0.4, -0.2) is 45.4 Å². The number of nitrogens with one attached hydrogen (secondary N) is 1. The van der Waals surface area contributed by atoms with Crippen LogP contribution in [0.15, 0.2) is 23.6 Å². The Bertz CT molecular complexity index is 1140. The minimum Gasteiger partial charge on any atom is -0.317 e. The summed E-state index contributed by atoms with van der Waals surface area (Å²) in [6, 6.07) is 5.48. The molecule has 1 saturated heterocycles. The molecule has 0 spiro atoms. The van der Waals surface area contributed by atoms with Gasteiger partial charge in [-0.1, -0.05) is 6.07 Å². The number of sulfone groups is 1. The first kappa shape index (κ1) is 18.9. The highest BCUT2D eigenvalue weighted by atomic mass is 32.2. The maximum absolute atomic E-state index is 12.9. The van der Waals surface area contributed by atoms with Gasteiger partial charge >= 0.3 is 0 Å². The number of carbonyl (C=O) groups excluding carboxylic acids is 1. The summed E-state index contributed by atoms with van der Waals surface area (Å²) in [4.78, 5) is 13.9. The smallest absolute Gasteiger partial charge is 0.274 e. The monoisotopic (exact) mass is 419 g/mol. The van der Waals surface area contributed by atoms with Gasteiger partial charge in [0.2, 0.25) is 0 Å². The fraction of sp³-hybridized carbons (Fsp3) is 0.389. The van der Waals surface area contributed by atoms with E-state index in [0.717, 1.165) is 16.3 Å². The van der Waals surface area contributed by atoms with E-state index in [2.05, 4.69) is 15.5 Å². The van der Waals surface area contributed by atoms with E-state index in [0.29, 0.717) is 23.5 Å². The van der Waals surface area contributed by atoms with Gasteiger partial charge in [0.15, 0.2) is 9.84 Å². The molecule has 8 nitrogen and oxygen atoms in total. The SMILES string of the molecule is Cc1nn(C2CCS(=O)(=O)C2)c(C)c1NC(=O)c1cc(-c2cccs2)nn1C. The van der Waals surface area contributed by atoms with Gasteiger partial charge in [-0.05, 0) is 37.8 Å². The summed E-state index contributed by atoms with van der Waals surface area (Å²) < 4.78 is 26.9. The van der Waals surface area contributed by atoms with Crippen molar-refractivity contribution in [2.24, 2.45) is 7.05 Å². The number of nitrogens with zero attached hydrogens (tertiary/aromatic N) is 4. The molecule has 1 fully saturated rings. The Morgan fingerprint density at radius 2 is 2.11 bits per heavy atom. The highest BCUT2D eigenvalue weighted by Crippen LogP contribution is 2.30. The van der Waals surface area contributed by atoms with Crippen LogP contribution in [0, 0.1) is 13.8 Å². The van der Waals surface area contributed by atoms with Crippen molar-refractivity contribution in [2.45, 2.75) is 26.3 Å². The van der Waals surface area contributed by atoms with E-state index >= 15 is 0 Å². The van der Waals surface area contributed by atoms with Crippen LogP contribution in [0.1, 0.15) is 34.3 Å². The van der Waals surface area contributed by atoms with Crippen LogP contribution in [0.5, 0.6) is 0 Å². The van der Waals surface area contributed by atoms with Gasteiger partial charge in [0.25, 0.3) is 5.91 Å². The maximum atomic E-state index is 12.9. The third-order valence-electron chi connectivity index (χ3n) is 5.00. The first-order valence-corrected chi connectivity index (χ1v) is 11.6. The van der Waals surface area contributed by atoms with Gasteiger partial charge in [-0.15, -0.1) is 11.3 Å². The van der Waals surface area contributed by atoms with Crippen LogP contribution in [0.4, 0.5) is 5.69 Å². The molecule has 0 aliphatic carbocycles. The van der Waals surface area contributed by atoms with Crippen molar-refractivity contribution in [3.05, 3.63) is 40.7 Å². The van der Waals surface area contributed by atoms with Gasteiger partial charge in [0.05, 0.1) is 39.5 Å². The van der Waals surface area contributed by atoms with Crippen molar-refractivity contribution in [2.75, 3.05) is 16.8 Å². The number of aromatic nitrogens is 4. The molecule has 1 atom stereocenters. The lowest BCUT2D eigenvalue weighted by Crippen LogP contribution is -2.17. The number of rotatable bonds is 4. The molecule has 1 unspecified atom stereocenters. The van der Waals surface area contributed by atoms with E-state index in [-0.39, 0.29) is 23.5 Å². The maximum Gasteiger partial charge on any atom is 0.274 e. The quantitative estimate of drug-likeness (QED) is 0.701. The molecule has 0 saturated carbocycles. The van der Waals surface area contributed by atoms with E-state index in [1.165, 1.54) is 0 Å². The molecule has 0 radical (unpaired) electrons. The van der Waals surface area contributed by atoms with Crippen molar-refractivity contribution < 1.29 is 13.2 Å². The van der Waals surface area contributed by atoms with E-state index in [1.54, 1.807) is 33.8 Å². The van der Waals surface area contributed by atoms with E-state index in [4.69, 9.17) is 0 Å². The zero-order valence-electron chi connectivity index (χ0n) is 15.8. The number of anilines is 1. The summed E-state index contributed by atoms with van der Waals surface area (Å²) in [6.45, 7) is 3.66. The summed E-state index contributed by atoms with van der Waals surface area (Å²) in [5.74, 6) is -0.00506. The molecule has 1 amide bonds. The molecule has 28 heavy (non-hydrogen) atoms. The summed E-state index contributed by atoms with van der Waals surface area (Å²) >= 11 is 1.57. The van der Waals surface area contributed by atoms with Gasteiger partial charge < -0.3 is 5.32 Å². The average Bonchev–Trinajstić information content (AvgIpc) is 3.39. The third-order valence-corrected chi connectivity index (χ3v) is 7.65. The summed E-state index contributed by atoms with van der Waals surface area (Å²) in [5, 5.41) is 13.8. The molecule has 1 N–H and O–H groups in total. The predicted molar refractivity (Wildman–Crippen MR) is 108 cm³/mol. The lowest BCUT2D eigenvalue weighted by molar-refractivity contribution is 0.101. The number of hydrogen-bond donors (Lipinski definition) is 1. The number of hydrogen-bond acceptors (Lipinski definition) is 6. The topological polar surface area (TPSA) is 98.9 Å². The molecule has 3 aromatic heterocycles. The summed E-state index contributed by atoms with van der Waals surface area (Å²) in [5.41, 5.74) is 3.24. The lowest BCUT2D eigenvalue weighted by Gasteiger charge is -2.11. The van der Waals surface area contributed by atoms with Crippen molar-refractivity contribution >= 4 is 32.8 Å². The van der Waals surface area contributed by atoms with E-state index in [9.17, 15) is 13.2 Å². The Hall–Kier alpha value is -2.46. The largest absolute Gasteiger partial charge is 0.317 e. The first-order chi connectivity index (χ1) is 13.2. The second-order valence-corrected chi connectivity index (χ2v) is 10.2. The van der Waals surface area contributed by atoms with Crippen molar-refractivity contribution in [3.63, 3.8) is 0 Å². The van der Waals surface area contributed by atoms with E-state index in [1.807, 2.05) is 31.4 Å². The third kappa shape index (κ3) is 3.37. The Balaban J connectivity index is 1.59. The molecule has 148 valence electrons. The molecule has 1 aliphatic rings. The summed E-state index contributed by atoms with van der Waals surface area (Å²) in [7, 11) is -1.28. The average molecular weight is 420 g/mol. The standard InChI is InChI=1S/C18H21N5O3S2/c1-11-17(12(2)23(20-11)13-6-8-28(25,26)10-13)19-18(24)15-9-14(21-22(15)3)16-5-4-7-27-16/h4-5,7,9,13H,6,8,10H2,1-3H3,(H,19,24). The summed E-state index contributed by atoms with van der Waals surface area (Å²) in [6.07, 6.45) is 0.545. The number of carbonyl (C=O) groups is 1. The number of aryl methyl sites for hydroxylation is 2. The van der Waals surface area contributed by atoms with Gasteiger partial charge in [0, 0.05) is 7.05 Å². The fourth-order valence-electron chi connectivity index (χ4n) is 3.57. The zero-order chi connectivity index (χ0) is 20.1. The molecular formula is C18H21N5O3S2. The van der Waals surface area contributed by atoms with Gasteiger partial charge in [0.1, 0.15) is 11.4 Å². The van der Waals surface area contributed by atoms with Crippen molar-refractivity contribution in [3.8, 4) is 10.6 Å². The number of amides is 1. The van der Waals surface area contributed by atoms with Crippen molar-refractivity contribution in [1.29, 1.82) is 0 Å². The molecule has 4 heterocycles. The second kappa shape index (κ2) is 6.85. The van der Waals surface area contributed by atoms with Crippen LogP contribution in [-0.2, 0) is 16.9 Å². The van der Waals surface area contributed by atoms with Crippen molar-refractivity contribution in [1.82, 2.24) is 19.6 Å². The number of thiophene rings is 1. The van der Waals surface area contributed by atoms with Gasteiger partial charge in [-0.25, -0.2) is 8.42 Å². The fourth-order valence-corrected chi connectivity index (χ4v) is 5.94. The first-order valence-electron chi connectivity index (χ1n) is 8.90. The normalized spacial score (nSPS) is 18.5. The van der Waals surface area contributed by atoms with Gasteiger partial charge in [-0.3, -0.25) is 14.2 Å². The molecule has 0 aromatic carbocycles. The van der Waals surface area contributed by atoms with Crippen LogP contribution in [0.3, 0.4) is 0 Å². The van der Waals surface area contributed by atoms with Crippen LogP contribution < -0.4 is 5.32 Å². The Labute approximate surface area is 167 Å². The Kier molecular flexibility index (Phi) is 4.62. The molecule has 10 heteroatoms. The highest BCUT2D eigenvalue weighted by molar-refractivity contribution is 7.91. The minimum absolute atomic E-state index is 0.0915. The van der Waals surface area contributed by atoms with Gasteiger partial charge in [-0.2, -0.15) is 10.2 Å². The minimum atomic E-state index is -3.01. The zero-order valence-corrected chi connectivity index (χ0v) is 17.5.